The number of carbonyl (C=O) groups excluding carboxylic acids is 1. The van der Waals surface area contributed by atoms with Crippen LogP contribution in [0.4, 0.5) is 0 Å². The van der Waals surface area contributed by atoms with E-state index in [1.165, 1.54) is 0 Å². The Labute approximate surface area is 126 Å². The predicted molar refractivity (Wildman–Crippen MR) is 82.2 cm³/mol. The van der Waals surface area contributed by atoms with Crippen LogP contribution in [0.2, 0.25) is 0 Å². The minimum absolute atomic E-state index is 0. The van der Waals surface area contributed by atoms with Gasteiger partial charge in [-0.1, -0.05) is 31.0 Å². The maximum absolute atomic E-state index is 11.9. The average Bonchev–Trinajstić information content (AvgIpc) is 2.88. The summed E-state index contributed by atoms with van der Waals surface area (Å²) in [5.41, 5.74) is 5.44. The highest BCUT2D eigenvalue weighted by molar-refractivity contribution is 5.86. The molecule has 3 N–H and O–H groups in total. The fourth-order valence-corrected chi connectivity index (χ4v) is 2.39. The van der Waals surface area contributed by atoms with Crippen molar-refractivity contribution in [2.24, 2.45) is 5.73 Å². The lowest BCUT2D eigenvalue weighted by Gasteiger charge is -2.22. The van der Waals surface area contributed by atoms with E-state index >= 15 is 0 Å². The van der Waals surface area contributed by atoms with Gasteiger partial charge in [0.05, 0.1) is 12.1 Å². The number of rotatable bonds is 6. The molecule has 20 heavy (non-hydrogen) atoms. The number of benzene rings is 1. The van der Waals surface area contributed by atoms with E-state index in [4.69, 9.17) is 10.5 Å². The van der Waals surface area contributed by atoms with Gasteiger partial charge >= 0.3 is 0 Å². The lowest BCUT2D eigenvalue weighted by Crippen LogP contribution is -2.52. The van der Waals surface area contributed by atoms with E-state index < -0.39 is 5.54 Å². The Kier molecular flexibility index (Phi) is 6.82. The Morgan fingerprint density at radius 2 is 1.90 bits per heavy atom. The monoisotopic (exact) mass is 298 g/mol. The van der Waals surface area contributed by atoms with Gasteiger partial charge in [-0.25, -0.2) is 0 Å². The van der Waals surface area contributed by atoms with Crippen LogP contribution < -0.4 is 15.8 Å². The minimum atomic E-state index is -0.625. The molecule has 0 aliphatic heterocycles. The molecule has 0 radical (unpaired) electrons. The Hall–Kier alpha value is -1.26. The normalized spacial score (nSPS) is 16.2. The second kappa shape index (κ2) is 8.12. The molecule has 1 fully saturated rings. The van der Waals surface area contributed by atoms with Gasteiger partial charge in [0, 0.05) is 6.54 Å². The van der Waals surface area contributed by atoms with Crippen LogP contribution in [-0.2, 0) is 4.79 Å². The molecule has 0 bridgehead atoms. The van der Waals surface area contributed by atoms with E-state index in [0.717, 1.165) is 37.9 Å². The summed E-state index contributed by atoms with van der Waals surface area (Å²) in [6.45, 7) is 1.21. The van der Waals surface area contributed by atoms with Crippen molar-refractivity contribution in [3.63, 3.8) is 0 Å². The van der Waals surface area contributed by atoms with Crippen molar-refractivity contribution in [2.75, 3.05) is 13.2 Å². The molecule has 0 saturated heterocycles. The summed E-state index contributed by atoms with van der Waals surface area (Å²) in [6, 6.07) is 9.68. The third kappa shape index (κ3) is 4.69. The quantitative estimate of drug-likeness (QED) is 0.792. The summed E-state index contributed by atoms with van der Waals surface area (Å²) in [5.74, 6) is 0.852. The van der Waals surface area contributed by atoms with Crippen LogP contribution in [0.5, 0.6) is 5.75 Å². The minimum Gasteiger partial charge on any atom is -0.494 e. The summed E-state index contributed by atoms with van der Waals surface area (Å²) in [5, 5.41) is 2.91. The van der Waals surface area contributed by atoms with Crippen LogP contribution >= 0.6 is 12.4 Å². The van der Waals surface area contributed by atoms with Gasteiger partial charge in [0.1, 0.15) is 5.75 Å². The van der Waals surface area contributed by atoms with Gasteiger partial charge in [0.25, 0.3) is 0 Å². The Bertz CT molecular complexity index is 406. The molecule has 0 aromatic heterocycles. The molecule has 0 atom stereocenters. The maximum atomic E-state index is 11.9. The molecule has 1 amide bonds. The zero-order chi connectivity index (χ0) is 13.6. The van der Waals surface area contributed by atoms with E-state index in [2.05, 4.69) is 5.32 Å². The standard InChI is InChI=1S/C15H22N2O2.ClH/c16-15(9-4-5-10-15)14(18)17-11-6-12-19-13-7-2-1-3-8-13;/h1-3,7-8H,4-6,9-12,16H2,(H,17,18);1H. The van der Waals surface area contributed by atoms with Gasteiger partial charge in [0.2, 0.25) is 5.91 Å². The molecule has 1 aliphatic rings. The molecule has 1 aromatic carbocycles. The number of nitrogens with two attached hydrogens (primary N) is 1. The fourth-order valence-electron chi connectivity index (χ4n) is 2.39. The van der Waals surface area contributed by atoms with Gasteiger partial charge in [-0.3, -0.25) is 4.79 Å². The van der Waals surface area contributed by atoms with Crippen LogP contribution in [0.15, 0.2) is 30.3 Å². The summed E-state index contributed by atoms with van der Waals surface area (Å²) in [7, 11) is 0. The van der Waals surface area contributed by atoms with E-state index in [-0.39, 0.29) is 18.3 Å². The Morgan fingerprint density at radius 3 is 2.55 bits per heavy atom. The summed E-state index contributed by atoms with van der Waals surface area (Å²) >= 11 is 0. The van der Waals surface area contributed by atoms with Crippen molar-refractivity contribution >= 4 is 18.3 Å². The van der Waals surface area contributed by atoms with Gasteiger partial charge in [0.15, 0.2) is 0 Å². The molecule has 1 aromatic rings. The lowest BCUT2D eigenvalue weighted by molar-refractivity contribution is -0.126. The van der Waals surface area contributed by atoms with Crippen molar-refractivity contribution in [1.82, 2.24) is 5.32 Å². The first-order valence-electron chi connectivity index (χ1n) is 6.96. The highest BCUT2D eigenvalue weighted by Crippen LogP contribution is 2.27. The molecule has 2 rings (SSSR count). The maximum Gasteiger partial charge on any atom is 0.240 e. The second-order valence-electron chi connectivity index (χ2n) is 5.13. The predicted octanol–water partition coefficient (Wildman–Crippen LogP) is 2.26. The number of hydrogen-bond donors (Lipinski definition) is 2. The van der Waals surface area contributed by atoms with Gasteiger partial charge in [-0.2, -0.15) is 0 Å². The highest BCUT2D eigenvalue weighted by Gasteiger charge is 2.36. The van der Waals surface area contributed by atoms with E-state index in [0.29, 0.717) is 13.2 Å². The largest absolute Gasteiger partial charge is 0.494 e. The molecule has 112 valence electrons. The van der Waals surface area contributed by atoms with Crippen molar-refractivity contribution in [3.8, 4) is 5.75 Å². The highest BCUT2D eigenvalue weighted by atomic mass is 35.5. The number of nitrogens with one attached hydrogen (secondary N) is 1. The first-order chi connectivity index (χ1) is 9.21. The summed E-state index contributed by atoms with van der Waals surface area (Å²) in [6.07, 6.45) is 4.51. The molecule has 0 unspecified atom stereocenters. The van der Waals surface area contributed by atoms with Gasteiger partial charge in [-0.05, 0) is 31.4 Å². The third-order valence-corrected chi connectivity index (χ3v) is 3.57. The Balaban J connectivity index is 0.00000200. The molecule has 0 spiro atoms. The second-order valence-corrected chi connectivity index (χ2v) is 5.13. The van der Waals surface area contributed by atoms with Crippen LogP contribution in [-0.4, -0.2) is 24.6 Å². The molecular formula is C15H23ClN2O2. The zero-order valence-electron chi connectivity index (χ0n) is 11.6. The number of carbonyl (C=O) groups is 1. The van der Waals surface area contributed by atoms with Crippen molar-refractivity contribution in [2.45, 2.75) is 37.6 Å². The average molecular weight is 299 g/mol. The smallest absolute Gasteiger partial charge is 0.240 e. The van der Waals surface area contributed by atoms with Crippen molar-refractivity contribution < 1.29 is 9.53 Å². The van der Waals surface area contributed by atoms with E-state index in [1.54, 1.807) is 0 Å². The number of halogens is 1. The topological polar surface area (TPSA) is 64.4 Å². The van der Waals surface area contributed by atoms with Crippen LogP contribution in [0.3, 0.4) is 0 Å². The number of amides is 1. The Morgan fingerprint density at radius 1 is 1.25 bits per heavy atom. The molecule has 4 nitrogen and oxygen atoms in total. The number of hydrogen-bond acceptors (Lipinski definition) is 3. The number of ether oxygens (including phenoxy) is 1. The molecule has 1 aliphatic carbocycles. The van der Waals surface area contributed by atoms with E-state index in [1.807, 2.05) is 30.3 Å². The van der Waals surface area contributed by atoms with Crippen molar-refractivity contribution in [1.29, 1.82) is 0 Å². The first-order valence-corrected chi connectivity index (χ1v) is 6.96. The fraction of sp³-hybridized carbons (Fsp3) is 0.533. The zero-order valence-corrected chi connectivity index (χ0v) is 12.5. The van der Waals surface area contributed by atoms with Crippen LogP contribution in [0.1, 0.15) is 32.1 Å². The molecule has 0 heterocycles. The molecule has 1 saturated carbocycles. The van der Waals surface area contributed by atoms with E-state index in [9.17, 15) is 4.79 Å². The molecule has 5 heteroatoms. The van der Waals surface area contributed by atoms with Crippen LogP contribution in [0.25, 0.3) is 0 Å². The molecular weight excluding hydrogens is 276 g/mol. The lowest BCUT2D eigenvalue weighted by atomic mass is 9.98. The summed E-state index contributed by atoms with van der Waals surface area (Å²) in [4.78, 5) is 11.9. The van der Waals surface area contributed by atoms with Crippen LogP contribution in [0, 0.1) is 0 Å². The van der Waals surface area contributed by atoms with Crippen molar-refractivity contribution in [3.05, 3.63) is 30.3 Å². The number of para-hydroxylation sites is 1. The SMILES string of the molecule is Cl.NC1(C(=O)NCCCOc2ccccc2)CCCC1. The van der Waals surface area contributed by atoms with Gasteiger partial charge in [-0.15, -0.1) is 12.4 Å². The first kappa shape index (κ1) is 16.8. The van der Waals surface area contributed by atoms with Gasteiger partial charge < -0.3 is 15.8 Å². The third-order valence-electron chi connectivity index (χ3n) is 3.57. The summed E-state index contributed by atoms with van der Waals surface area (Å²) < 4.78 is 5.56.